The number of hydrogen-bond acceptors (Lipinski definition) is 5. The Morgan fingerprint density at radius 3 is 1.85 bits per heavy atom. The fourth-order valence-electron chi connectivity index (χ4n) is 2.74. The summed E-state index contributed by atoms with van der Waals surface area (Å²) in [4.78, 5) is 24.5. The Balaban J connectivity index is 1.47. The molecule has 0 saturated carbocycles. The standard InChI is InChI=1S/C23H20F3N3O4/c1-32-19-10-8-18(9-11-19)29-22(31)15-2-4-17(5-3-15)28-21(30)14-27-16-6-12-20(13-7-16)33-23(24,25)26/h2-13,27H,14H2,1H3,(H,28,30)(H,29,31). The van der Waals surface area contributed by atoms with Crippen LogP contribution in [0.3, 0.4) is 0 Å². The van der Waals surface area contributed by atoms with Gasteiger partial charge in [-0.15, -0.1) is 13.2 Å². The van der Waals surface area contributed by atoms with Gasteiger partial charge in [0.05, 0.1) is 13.7 Å². The lowest BCUT2D eigenvalue weighted by molar-refractivity contribution is -0.274. The van der Waals surface area contributed by atoms with Crippen LogP contribution < -0.4 is 25.4 Å². The number of hydrogen-bond donors (Lipinski definition) is 3. The van der Waals surface area contributed by atoms with Gasteiger partial charge >= 0.3 is 6.36 Å². The minimum absolute atomic E-state index is 0.112. The molecule has 7 nitrogen and oxygen atoms in total. The summed E-state index contributed by atoms with van der Waals surface area (Å²) >= 11 is 0. The van der Waals surface area contributed by atoms with Gasteiger partial charge in [-0.1, -0.05) is 0 Å². The fraction of sp³-hybridized carbons (Fsp3) is 0.130. The van der Waals surface area contributed by atoms with Crippen LogP contribution in [0.15, 0.2) is 72.8 Å². The molecular formula is C23H20F3N3O4. The largest absolute Gasteiger partial charge is 0.573 e. The lowest BCUT2D eigenvalue weighted by atomic mass is 10.2. The quantitative estimate of drug-likeness (QED) is 0.446. The smallest absolute Gasteiger partial charge is 0.497 e. The molecule has 0 unspecified atom stereocenters. The first-order chi connectivity index (χ1) is 15.7. The summed E-state index contributed by atoms with van der Waals surface area (Å²) in [6.07, 6.45) is -4.76. The van der Waals surface area contributed by atoms with E-state index in [0.29, 0.717) is 28.4 Å². The van der Waals surface area contributed by atoms with Gasteiger partial charge in [-0.25, -0.2) is 0 Å². The van der Waals surface area contributed by atoms with Gasteiger partial charge in [-0.3, -0.25) is 9.59 Å². The number of amides is 2. The Hall–Kier alpha value is -4.21. The lowest BCUT2D eigenvalue weighted by Crippen LogP contribution is -2.22. The second-order valence-corrected chi connectivity index (χ2v) is 6.73. The van der Waals surface area contributed by atoms with E-state index in [1.807, 2.05) is 0 Å². The van der Waals surface area contributed by atoms with Gasteiger partial charge in [0.15, 0.2) is 0 Å². The van der Waals surface area contributed by atoms with Crippen LogP contribution in [0.25, 0.3) is 0 Å². The predicted octanol–water partition coefficient (Wildman–Crippen LogP) is 4.90. The van der Waals surface area contributed by atoms with Gasteiger partial charge in [-0.2, -0.15) is 0 Å². The molecule has 0 heterocycles. The number of carbonyl (C=O) groups is 2. The molecule has 2 amide bonds. The molecular weight excluding hydrogens is 439 g/mol. The third-order valence-corrected chi connectivity index (χ3v) is 4.32. The van der Waals surface area contributed by atoms with E-state index in [2.05, 4.69) is 20.7 Å². The van der Waals surface area contributed by atoms with Crippen LogP contribution in [-0.2, 0) is 4.79 Å². The van der Waals surface area contributed by atoms with Crippen molar-refractivity contribution < 1.29 is 32.2 Å². The summed E-state index contributed by atoms with van der Waals surface area (Å²) in [5.41, 5.74) is 1.95. The van der Waals surface area contributed by atoms with E-state index in [4.69, 9.17) is 4.74 Å². The monoisotopic (exact) mass is 459 g/mol. The molecule has 3 aromatic rings. The molecule has 0 fully saturated rings. The van der Waals surface area contributed by atoms with Crippen molar-refractivity contribution in [2.45, 2.75) is 6.36 Å². The van der Waals surface area contributed by atoms with E-state index in [1.165, 1.54) is 12.1 Å². The maximum atomic E-state index is 12.4. The van der Waals surface area contributed by atoms with Crippen LogP contribution in [0.1, 0.15) is 10.4 Å². The van der Waals surface area contributed by atoms with E-state index in [9.17, 15) is 22.8 Å². The summed E-state index contributed by atoms with van der Waals surface area (Å²) in [6, 6.07) is 18.2. The molecule has 0 aromatic heterocycles. The SMILES string of the molecule is COc1ccc(NC(=O)c2ccc(NC(=O)CNc3ccc(OC(F)(F)F)cc3)cc2)cc1. The lowest BCUT2D eigenvalue weighted by Gasteiger charge is -2.11. The molecule has 0 atom stereocenters. The highest BCUT2D eigenvalue weighted by atomic mass is 19.4. The Kier molecular flexibility index (Phi) is 7.39. The predicted molar refractivity (Wildman–Crippen MR) is 118 cm³/mol. The number of benzene rings is 3. The molecule has 3 rings (SSSR count). The fourth-order valence-corrected chi connectivity index (χ4v) is 2.74. The minimum Gasteiger partial charge on any atom is -0.497 e. The average Bonchev–Trinajstić information content (AvgIpc) is 2.78. The van der Waals surface area contributed by atoms with Crippen molar-refractivity contribution in [1.82, 2.24) is 0 Å². The Labute approximate surface area is 187 Å². The topological polar surface area (TPSA) is 88.7 Å². The highest BCUT2D eigenvalue weighted by Crippen LogP contribution is 2.24. The molecule has 0 saturated heterocycles. The zero-order valence-electron chi connectivity index (χ0n) is 17.4. The summed E-state index contributed by atoms with van der Waals surface area (Å²) in [5, 5.41) is 8.22. The third kappa shape index (κ3) is 7.46. The highest BCUT2D eigenvalue weighted by Gasteiger charge is 2.30. The Morgan fingerprint density at radius 1 is 0.758 bits per heavy atom. The number of carbonyl (C=O) groups excluding carboxylic acids is 2. The average molecular weight is 459 g/mol. The van der Waals surface area contributed by atoms with Crippen molar-refractivity contribution in [3.8, 4) is 11.5 Å². The van der Waals surface area contributed by atoms with Gasteiger partial charge in [0, 0.05) is 22.6 Å². The number of rotatable bonds is 8. The molecule has 0 aliphatic carbocycles. The molecule has 0 radical (unpaired) electrons. The summed E-state index contributed by atoms with van der Waals surface area (Å²) < 4.78 is 45.4. The Morgan fingerprint density at radius 2 is 1.27 bits per heavy atom. The first-order valence-corrected chi connectivity index (χ1v) is 9.67. The maximum Gasteiger partial charge on any atom is 0.573 e. The zero-order valence-corrected chi connectivity index (χ0v) is 17.4. The van der Waals surface area contributed by atoms with Crippen LogP contribution in [0.4, 0.5) is 30.2 Å². The molecule has 10 heteroatoms. The van der Waals surface area contributed by atoms with Gasteiger partial charge in [0.2, 0.25) is 5.91 Å². The van der Waals surface area contributed by atoms with Gasteiger partial charge in [0.25, 0.3) is 5.91 Å². The van der Waals surface area contributed by atoms with Crippen molar-refractivity contribution >= 4 is 28.9 Å². The second kappa shape index (κ2) is 10.4. The number of halogens is 3. The van der Waals surface area contributed by atoms with Crippen molar-refractivity contribution in [2.75, 3.05) is 29.6 Å². The molecule has 3 N–H and O–H groups in total. The highest BCUT2D eigenvalue weighted by molar-refractivity contribution is 6.04. The van der Waals surface area contributed by atoms with Gasteiger partial charge in [-0.05, 0) is 72.8 Å². The number of ether oxygens (including phenoxy) is 2. The van der Waals surface area contributed by atoms with Crippen LogP contribution >= 0.6 is 0 Å². The van der Waals surface area contributed by atoms with Gasteiger partial charge < -0.3 is 25.4 Å². The molecule has 0 bridgehead atoms. The number of nitrogens with one attached hydrogen (secondary N) is 3. The molecule has 0 aliphatic rings. The molecule has 3 aromatic carbocycles. The van der Waals surface area contributed by atoms with Gasteiger partial charge in [0.1, 0.15) is 11.5 Å². The van der Waals surface area contributed by atoms with Crippen LogP contribution in [0.2, 0.25) is 0 Å². The summed E-state index contributed by atoms with van der Waals surface area (Å²) in [5.74, 6) is -0.359. The molecule has 33 heavy (non-hydrogen) atoms. The zero-order chi connectivity index (χ0) is 23.8. The van der Waals surface area contributed by atoms with E-state index < -0.39 is 6.36 Å². The number of anilines is 3. The summed E-state index contributed by atoms with van der Waals surface area (Å²) in [6.45, 7) is -0.112. The van der Waals surface area contributed by atoms with E-state index in [1.54, 1.807) is 55.6 Å². The van der Waals surface area contributed by atoms with Crippen molar-refractivity contribution in [3.05, 3.63) is 78.4 Å². The van der Waals surface area contributed by atoms with Crippen LogP contribution in [0.5, 0.6) is 11.5 Å². The van der Waals surface area contributed by atoms with Crippen molar-refractivity contribution in [2.24, 2.45) is 0 Å². The first-order valence-electron chi connectivity index (χ1n) is 9.67. The van der Waals surface area contributed by atoms with Crippen LogP contribution in [0, 0.1) is 0 Å². The van der Waals surface area contributed by atoms with Crippen LogP contribution in [-0.4, -0.2) is 31.8 Å². The van der Waals surface area contributed by atoms with E-state index in [-0.39, 0.29) is 24.1 Å². The van der Waals surface area contributed by atoms with E-state index >= 15 is 0 Å². The normalized spacial score (nSPS) is 10.8. The van der Waals surface area contributed by atoms with E-state index in [0.717, 1.165) is 12.1 Å². The maximum absolute atomic E-state index is 12.4. The molecule has 0 aliphatic heterocycles. The second-order valence-electron chi connectivity index (χ2n) is 6.73. The third-order valence-electron chi connectivity index (χ3n) is 4.32. The summed E-state index contributed by atoms with van der Waals surface area (Å²) in [7, 11) is 1.55. The number of methoxy groups -OCH3 is 1. The minimum atomic E-state index is -4.76. The van der Waals surface area contributed by atoms with Crippen molar-refractivity contribution in [1.29, 1.82) is 0 Å². The first kappa shape index (κ1) is 23.5. The number of alkyl halides is 3. The Bertz CT molecular complexity index is 1080. The molecule has 172 valence electrons. The van der Waals surface area contributed by atoms with Crippen molar-refractivity contribution in [3.63, 3.8) is 0 Å². The molecule has 0 spiro atoms.